The highest BCUT2D eigenvalue weighted by molar-refractivity contribution is 9.10. The second kappa shape index (κ2) is 7.89. The summed E-state index contributed by atoms with van der Waals surface area (Å²) in [6.45, 7) is 5.51. The van der Waals surface area contributed by atoms with E-state index in [0.717, 1.165) is 66.1 Å². The Kier molecular flexibility index (Phi) is 5.23. The van der Waals surface area contributed by atoms with Crippen LogP contribution in [0.1, 0.15) is 49.8 Å². The van der Waals surface area contributed by atoms with Crippen LogP contribution in [0, 0.1) is 0 Å². The predicted molar refractivity (Wildman–Crippen MR) is 122 cm³/mol. The smallest absolute Gasteiger partial charge is 0.200 e. The van der Waals surface area contributed by atoms with Crippen LogP contribution in [-0.2, 0) is 0 Å². The normalized spacial score (nSPS) is 22.3. The number of halogens is 1. The molecule has 0 N–H and O–H groups in total. The molecular formula is C24H28BrN3O2. The number of likely N-dealkylation sites (tertiary alicyclic amines) is 1. The number of ether oxygens (including phenoxy) is 2. The molecule has 1 atom stereocenters. The van der Waals surface area contributed by atoms with Crippen molar-refractivity contribution in [1.29, 1.82) is 0 Å². The first-order valence-electron chi connectivity index (χ1n) is 10.8. The summed E-state index contributed by atoms with van der Waals surface area (Å²) >= 11 is 3.64. The molecule has 0 bridgehead atoms. The van der Waals surface area contributed by atoms with Crippen molar-refractivity contribution < 1.29 is 9.47 Å². The van der Waals surface area contributed by atoms with Gasteiger partial charge in [0.05, 0.1) is 18.9 Å². The van der Waals surface area contributed by atoms with Gasteiger partial charge < -0.3 is 14.4 Å². The Labute approximate surface area is 186 Å². The quantitative estimate of drug-likeness (QED) is 0.616. The van der Waals surface area contributed by atoms with Crippen LogP contribution >= 0.6 is 15.9 Å². The topological polar surface area (TPSA) is 37.3 Å². The first-order valence-corrected chi connectivity index (χ1v) is 11.6. The molecule has 0 unspecified atom stereocenters. The molecule has 0 radical (unpaired) electrons. The molecule has 6 heteroatoms. The first kappa shape index (κ1) is 19.9. The molecular weight excluding hydrogens is 442 g/mol. The standard InChI is InChI=1S/C24H28BrN3O2/c1-3-12-27-13-10-24(11-14-27)28-22(20-15-18(25)6-9-23(20)30-24)16-21(26-28)17-4-7-19(29-2)8-5-17/h4-9,15,22H,3,10-14,16H2,1-2H3/t22-/m1/s1. The number of methoxy groups -OCH3 is 1. The number of piperidine rings is 1. The van der Waals surface area contributed by atoms with E-state index < -0.39 is 0 Å². The van der Waals surface area contributed by atoms with Crippen LogP contribution in [0.4, 0.5) is 0 Å². The van der Waals surface area contributed by atoms with Crippen molar-refractivity contribution in [3.8, 4) is 11.5 Å². The van der Waals surface area contributed by atoms with Gasteiger partial charge in [0, 0.05) is 42.4 Å². The Morgan fingerprint density at radius 1 is 1.17 bits per heavy atom. The summed E-state index contributed by atoms with van der Waals surface area (Å²) < 4.78 is 13.1. The molecule has 1 fully saturated rings. The molecule has 2 aromatic carbocycles. The second-order valence-corrected chi connectivity index (χ2v) is 9.33. The number of hydrogen-bond acceptors (Lipinski definition) is 5. The van der Waals surface area contributed by atoms with Crippen LogP contribution in [0.3, 0.4) is 0 Å². The molecule has 3 aliphatic heterocycles. The van der Waals surface area contributed by atoms with E-state index in [-0.39, 0.29) is 11.8 Å². The lowest BCUT2D eigenvalue weighted by Gasteiger charge is -2.51. The molecule has 0 aromatic heterocycles. The Morgan fingerprint density at radius 2 is 1.93 bits per heavy atom. The van der Waals surface area contributed by atoms with Gasteiger partial charge in [-0.2, -0.15) is 5.10 Å². The number of rotatable bonds is 4. The molecule has 0 saturated carbocycles. The van der Waals surface area contributed by atoms with Gasteiger partial charge in [-0.3, -0.25) is 0 Å². The number of benzene rings is 2. The number of hydrazone groups is 1. The monoisotopic (exact) mass is 469 g/mol. The molecule has 158 valence electrons. The van der Waals surface area contributed by atoms with Crippen molar-refractivity contribution in [1.82, 2.24) is 9.91 Å². The highest BCUT2D eigenvalue weighted by atomic mass is 79.9. The maximum atomic E-state index is 6.73. The fourth-order valence-electron chi connectivity index (χ4n) is 4.98. The zero-order valence-electron chi connectivity index (χ0n) is 17.6. The van der Waals surface area contributed by atoms with Gasteiger partial charge in [-0.25, -0.2) is 5.01 Å². The van der Waals surface area contributed by atoms with E-state index >= 15 is 0 Å². The minimum Gasteiger partial charge on any atom is -0.497 e. The van der Waals surface area contributed by atoms with Crippen molar-refractivity contribution in [3.63, 3.8) is 0 Å². The lowest BCUT2D eigenvalue weighted by Crippen LogP contribution is -2.59. The van der Waals surface area contributed by atoms with Gasteiger partial charge >= 0.3 is 0 Å². The fraction of sp³-hybridized carbons (Fsp3) is 0.458. The molecule has 2 aromatic rings. The van der Waals surface area contributed by atoms with Crippen LogP contribution in [0.25, 0.3) is 0 Å². The van der Waals surface area contributed by atoms with Crippen LogP contribution in [0.2, 0.25) is 0 Å². The van der Waals surface area contributed by atoms with Crippen LogP contribution in [0.5, 0.6) is 11.5 Å². The molecule has 1 saturated heterocycles. The van der Waals surface area contributed by atoms with Gasteiger partial charge in [-0.15, -0.1) is 0 Å². The molecule has 30 heavy (non-hydrogen) atoms. The average molecular weight is 470 g/mol. The summed E-state index contributed by atoms with van der Waals surface area (Å²) in [5.74, 6) is 1.88. The third kappa shape index (κ3) is 3.40. The first-order chi connectivity index (χ1) is 14.6. The second-order valence-electron chi connectivity index (χ2n) is 8.41. The van der Waals surface area contributed by atoms with E-state index in [1.807, 2.05) is 12.1 Å². The van der Waals surface area contributed by atoms with Gasteiger partial charge in [-0.05, 0) is 61.0 Å². The van der Waals surface area contributed by atoms with Gasteiger partial charge in [0.2, 0.25) is 5.72 Å². The zero-order valence-corrected chi connectivity index (χ0v) is 19.2. The van der Waals surface area contributed by atoms with Crippen LogP contribution in [-0.4, -0.2) is 48.1 Å². The minimum absolute atomic E-state index is 0.209. The zero-order chi connectivity index (χ0) is 20.7. The highest BCUT2D eigenvalue weighted by Gasteiger charge is 2.51. The van der Waals surface area contributed by atoms with Crippen LogP contribution < -0.4 is 9.47 Å². The van der Waals surface area contributed by atoms with Gasteiger partial charge in [-0.1, -0.05) is 22.9 Å². The average Bonchev–Trinajstić information content (AvgIpc) is 3.23. The molecule has 1 spiro atoms. The number of hydrogen-bond donors (Lipinski definition) is 0. The van der Waals surface area contributed by atoms with Crippen molar-refractivity contribution >= 4 is 21.6 Å². The predicted octanol–water partition coefficient (Wildman–Crippen LogP) is 5.20. The van der Waals surface area contributed by atoms with E-state index in [4.69, 9.17) is 14.6 Å². The Bertz CT molecular complexity index is 951. The van der Waals surface area contributed by atoms with Gasteiger partial charge in [0.25, 0.3) is 0 Å². The largest absolute Gasteiger partial charge is 0.497 e. The van der Waals surface area contributed by atoms with E-state index in [9.17, 15) is 0 Å². The molecule has 5 nitrogen and oxygen atoms in total. The summed E-state index contributed by atoms with van der Waals surface area (Å²) in [6.07, 6.45) is 4.02. The SMILES string of the molecule is CCCN1CCC2(CC1)Oc1ccc(Br)cc1[C@H]1CC(c3ccc(OC)cc3)=NN12. The Morgan fingerprint density at radius 3 is 2.63 bits per heavy atom. The third-order valence-electron chi connectivity index (χ3n) is 6.56. The van der Waals surface area contributed by atoms with Crippen LogP contribution in [0.15, 0.2) is 52.0 Å². The van der Waals surface area contributed by atoms with E-state index in [2.05, 4.69) is 63.1 Å². The Hall–Kier alpha value is -2.05. The summed E-state index contributed by atoms with van der Waals surface area (Å²) in [5, 5.41) is 7.45. The summed E-state index contributed by atoms with van der Waals surface area (Å²) in [7, 11) is 1.70. The maximum Gasteiger partial charge on any atom is 0.200 e. The third-order valence-corrected chi connectivity index (χ3v) is 7.05. The summed E-state index contributed by atoms with van der Waals surface area (Å²) in [5.41, 5.74) is 3.14. The van der Waals surface area contributed by atoms with Crippen molar-refractivity contribution in [3.05, 3.63) is 58.1 Å². The van der Waals surface area contributed by atoms with Crippen molar-refractivity contribution in [2.24, 2.45) is 5.10 Å². The van der Waals surface area contributed by atoms with E-state index in [1.54, 1.807) is 7.11 Å². The molecule has 3 heterocycles. The highest BCUT2D eigenvalue weighted by Crippen LogP contribution is 2.50. The lowest BCUT2D eigenvalue weighted by molar-refractivity contribution is -0.149. The summed E-state index contributed by atoms with van der Waals surface area (Å²) in [6, 6.07) is 14.8. The minimum atomic E-state index is -0.357. The molecule has 5 rings (SSSR count). The van der Waals surface area contributed by atoms with E-state index in [1.165, 1.54) is 12.0 Å². The Balaban J connectivity index is 1.51. The fourth-order valence-corrected chi connectivity index (χ4v) is 5.36. The number of nitrogens with zero attached hydrogens (tertiary/aromatic N) is 3. The summed E-state index contributed by atoms with van der Waals surface area (Å²) in [4.78, 5) is 2.55. The molecule has 0 amide bonds. The molecule has 0 aliphatic carbocycles. The van der Waals surface area contributed by atoms with Gasteiger partial charge in [0.15, 0.2) is 0 Å². The van der Waals surface area contributed by atoms with Crippen molar-refractivity contribution in [2.75, 3.05) is 26.7 Å². The number of fused-ring (bicyclic) bond motifs is 4. The van der Waals surface area contributed by atoms with E-state index in [0.29, 0.717) is 0 Å². The lowest BCUT2D eigenvalue weighted by atomic mass is 9.90. The van der Waals surface area contributed by atoms with Crippen molar-refractivity contribution in [2.45, 2.75) is 44.4 Å². The van der Waals surface area contributed by atoms with Gasteiger partial charge in [0.1, 0.15) is 11.5 Å². The maximum absolute atomic E-state index is 6.73. The molecule has 3 aliphatic rings.